The smallest absolute Gasteiger partial charge is 0.297 e. The van der Waals surface area contributed by atoms with Gasteiger partial charge in [0.05, 0.1) is 9.92 Å². The molecular formula is C18H18Cl2N2O3S. The summed E-state index contributed by atoms with van der Waals surface area (Å²) in [5.41, 5.74) is 1.24. The van der Waals surface area contributed by atoms with Gasteiger partial charge in [-0.2, -0.15) is 8.42 Å². The summed E-state index contributed by atoms with van der Waals surface area (Å²) in [6.45, 7) is 3.11. The second-order valence-electron chi connectivity index (χ2n) is 7.00. The number of fused-ring (bicyclic) bond motifs is 1. The molecule has 0 spiro atoms. The van der Waals surface area contributed by atoms with Crippen molar-refractivity contribution in [3.8, 4) is 0 Å². The van der Waals surface area contributed by atoms with E-state index < -0.39 is 15.7 Å². The number of hydrogen-bond acceptors (Lipinski definition) is 5. The lowest BCUT2D eigenvalue weighted by Crippen LogP contribution is -2.55. The third-order valence-corrected chi connectivity index (χ3v) is 7.43. The van der Waals surface area contributed by atoms with Crippen LogP contribution >= 0.6 is 23.2 Å². The normalized spacial score (nSPS) is 27.8. The first-order valence-electron chi connectivity index (χ1n) is 8.35. The van der Waals surface area contributed by atoms with Crippen LogP contribution in [0.2, 0.25) is 10.2 Å². The lowest BCUT2D eigenvalue weighted by atomic mass is 9.61. The van der Waals surface area contributed by atoms with E-state index >= 15 is 0 Å². The van der Waals surface area contributed by atoms with Crippen molar-refractivity contribution in [2.24, 2.45) is 5.92 Å². The first-order chi connectivity index (χ1) is 12.3. The zero-order chi connectivity index (χ0) is 18.5. The third kappa shape index (κ3) is 3.04. The van der Waals surface area contributed by atoms with Crippen molar-refractivity contribution in [2.45, 2.75) is 29.8 Å². The predicted molar refractivity (Wildman–Crippen MR) is 100 cm³/mol. The standard InChI is InChI=1S/C18H18Cl2N2O3S/c1-11-2-4-13(5-3-11)26(23,24)25-18-7-14(15(18)9-21-10-18)12-6-16(19)17(20)22-8-12/h2-6,8,14-15,21H,7,9-10H2,1H3. The minimum absolute atomic E-state index is 0.0433. The Labute approximate surface area is 162 Å². The minimum atomic E-state index is -3.82. The fraction of sp³-hybridized carbons (Fsp3) is 0.389. The molecule has 0 radical (unpaired) electrons. The quantitative estimate of drug-likeness (QED) is 0.614. The van der Waals surface area contributed by atoms with E-state index in [1.165, 1.54) is 0 Å². The lowest BCUT2D eigenvalue weighted by molar-refractivity contribution is -0.0471. The van der Waals surface area contributed by atoms with Crippen molar-refractivity contribution in [1.29, 1.82) is 0 Å². The molecule has 1 aliphatic heterocycles. The number of aryl methyl sites for hydroxylation is 1. The summed E-state index contributed by atoms with van der Waals surface area (Å²) in [4.78, 5) is 4.29. The van der Waals surface area contributed by atoms with Crippen LogP contribution in [-0.2, 0) is 14.3 Å². The average Bonchev–Trinajstić information content (AvgIpc) is 2.88. The van der Waals surface area contributed by atoms with Crippen LogP contribution in [0.4, 0.5) is 0 Å². The summed E-state index contributed by atoms with van der Waals surface area (Å²) >= 11 is 12.0. The van der Waals surface area contributed by atoms with Crippen LogP contribution in [0.3, 0.4) is 0 Å². The Balaban J connectivity index is 1.57. The summed E-state index contributed by atoms with van der Waals surface area (Å²) in [5.74, 6) is 0.183. The highest BCUT2D eigenvalue weighted by Gasteiger charge is 2.60. The Morgan fingerprint density at radius 3 is 2.69 bits per heavy atom. The summed E-state index contributed by atoms with van der Waals surface area (Å²) in [7, 11) is -3.82. The van der Waals surface area contributed by atoms with E-state index in [2.05, 4.69) is 10.3 Å². The Hall–Kier alpha value is -1.18. The lowest BCUT2D eigenvalue weighted by Gasteiger charge is -2.49. The maximum Gasteiger partial charge on any atom is 0.297 e. The molecule has 26 heavy (non-hydrogen) atoms. The molecule has 1 aromatic heterocycles. The summed E-state index contributed by atoms with van der Waals surface area (Å²) in [5, 5.41) is 3.94. The zero-order valence-corrected chi connectivity index (χ0v) is 16.4. The van der Waals surface area contributed by atoms with Gasteiger partial charge in [0.2, 0.25) is 0 Å². The molecule has 4 rings (SSSR count). The number of pyridine rings is 1. The third-order valence-electron chi connectivity index (χ3n) is 5.35. The van der Waals surface area contributed by atoms with Crippen molar-refractivity contribution in [3.63, 3.8) is 0 Å². The highest BCUT2D eigenvalue weighted by molar-refractivity contribution is 7.86. The van der Waals surface area contributed by atoms with E-state index in [-0.39, 0.29) is 21.9 Å². The topological polar surface area (TPSA) is 68.3 Å². The maximum absolute atomic E-state index is 12.7. The number of nitrogens with one attached hydrogen (secondary N) is 1. The van der Waals surface area contributed by atoms with Crippen molar-refractivity contribution in [2.75, 3.05) is 13.1 Å². The molecular weight excluding hydrogens is 395 g/mol. The van der Waals surface area contributed by atoms with Crippen molar-refractivity contribution in [1.82, 2.24) is 10.3 Å². The molecule has 1 N–H and O–H groups in total. The van der Waals surface area contributed by atoms with Gasteiger partial charge in [0.1, 0.15) is 10.8 Å². The molecule has 1 aromatic carbocycles. The number of benzene rings is 1. The van der Waals surface area contributed by atoms with Gasteiger partial charge in [0, 0.05) is 25.2 Å². The SMILES string of the molecule is Cc1ccc(S(=O)(=O)OC23CNCC2C(c2cnc(Cl)c(Cl)c2)C3)cc1. The van der Waals surface area contributed by atoms with Crippen LogP contribution in [0.1, 0.15) is 23.5 Å². The van der Waals surface area contributed by atoms with Crippen LogP contribution in [0.15, 0.2) is 41.4 Å². The Bertz CT molecular complexity index is 949. The van der Waals surface area contributed by atoms with E-state index in [1.54, 1.807) is 36.5 Å². The van der Waals surface area contributed by atoms with E-state index in [0.717, 1.165) is 11.1 Å². The molecule has 1 aliphatic carbocycles. The van der Waals surface area contributed by atoms with Crippen LogP contribution < -0.4 is 5.32 Å². The molecule has 2 aliphatic rings. The van der Waals surface area contributed by atoms with E-state index in [4.69, 9.17) is 27.4 Å². The van der Waals surface area contributed by atoms with Crippen molar-refractivity contribution in [3.05, 3.63) is 57.8 Å². The van der Waals surface area contributed by atoms with Gasteiger partial charge in [-0.3, -0.25) is 4.18 Å². The van der Waals surface area contributed by atoms with E-state index in [1.807, 2.05) is 6.92 Å². The Morgan fingerprint density at radius 1 is 1.27 bits per heavy atom. The van der Waals surface area contributed by atoms with Crippen molar-refractivity contribution >= 4 is 33.3 Å². The highest BCUT2D eigenvalue weighted by atomic mass is 35.5. The van der Waals surface area contributed by atoms with Gasteiger partial charge >= 0.3 is 0 Å². The largest absolute Gasteiger partial charge is 0.313 e. The molecule has 2 aromatic rings. The predicted octanol–water partition coefficient (Wildman–Crippen LogP) is 3.55. The van der Waals surface area contributed by atoms with Crippen molar-refractivity contribution < 1.29 is 12.6 Å². The van der Waals surface area contributed by atoms with Gasteiger partial charge in [0.15, 0.2) is 0 Å². The fourth-order valence-corrected chi connectivity index (χ4v) is 5.46. The number of halogens is 2. The minimum Gasteiger partial charge on any atom is -0.313 e. The first-order valence-corrected chi connectivity index (χ1v) is 10.5. The number of hydrogen-bond donors (Lipinski definition) is 1. The summed E-state index contributed by atoms with van der Waals surface area (Å²) < 4.78 is 31.2. The molecule has 3 unspecified atom stereocenters. The molecule has 2 heterocycles. The molecule has 3 atom stereocenters. The fourth-order valence-electron chi connectivity index (χ4n) is 3.93. The molecule has 8 heteroatoms. The molecule has 5 nitrogen and oxygen atoms in total. The molecule has 0 bridgehead atoms. The maximum atomic E-state index is 12.7. The van der Waals surface area contributed by atoms with Gasteiger partial charge in [0.25, 0.3) is 10.1 Å². The van der Waals surface area contributed by atoms with Gasteiger partial charge in [-0.15, -0.1) is 0 Å². The van der Waals surface area contributed by atoms with Crippen LogP contribution in [0.5, 0.6) is 0 Å². The Kier molecular flexibility index (Phi) is 4.52. The number of aromatic nitrogens is 1. The van der Waals surface area contributed by atoms with Gasteiger partial charge in [-0.25, -0.2) is 4.98 Å². The second kappa shape index (κ2) is 6.46. The van der Waals surface area contributed by atoms with E-state index in [0.29, 0.717) is 24.5 Å². The van der Waals surface area contributed by atoms with Gasteiger partial charge in [-0.05, 0) is 43.0 Å². The second-order valence-corrected chi connectivity index (χ2v) is 9.32. The van der Waals surface area contributed by atoms with Crippen LogP contribution in [-0.4, -0.2) is 32.1 Å². The molecule has 1 saturated heterocycles. The molecule has 0 amide bonds. The summed E-state index contributed by atoms with van der Waals surface area (Å²) in [6, 6.07) is 8.50. The molecule has 2 fully saturated rings. The monoisotopic (exact) mass is 412 g/mol. The summed E-state index contributed by atoms with van der Waals surface area (Å²) in [6.07, 6.45) is 2.30. The van der Waals surface area contributed by atoms with Gasteiger partial charge in [-0.1, -0.05) is 40.9 Å². The number of rotatable bonds is 4. The van der Waals surface area contributed by atoms with Crippen LogP contribution in [0, 0.1) is 12.8 Å². The van der Waals surface area contributed by atoms with Crippen LogP contribution in [0.25, 0.3) is 0 Å². The highest BCUT2D eigenvalue weighted by Crippen LogP contribution is 2.55. The zero-order valence-electron chi connectivity index (χ0n) is 14.1. The average molecular weight is 413 g/mol. The Morgan fingerprint density at radius 2 is 2.00 bits per heavy atom. The number of nitrogens with zero attached hydrogens (tertiary/aromatic N) is 1. The van der Waals surface area contributed by atoms with Gasteiger partial charge < -0.3 is 5.32 Å². The molecule has 138 valence electrons. The first kappa shape index (κ1) is 18.2. The molecule has 1 saturated carbocycles. The van der Waals surface area contributed by atoms with E-state index in [9.17, 15) is 8.42 Å².